The Morgan fingerprint density at radius 1 is 1.19 bits per heavy atom. The van der Waals surface area contributed by atoms with Gasteiger partial charge in [0.15, 0.2) is 0 Å². The normalized spacial score (nSPS) is 15.9. The van der Waals surface area contributed by atoms with Crippen molar-refractivity contribution in [3.05, 3.63) is 45.4 Å². The lowest BCUT2D eigenvalue weighted by atomic mass is 10.2. The van der Waals surface area contributed by atoms with E-state index in [0.29, 0.717) is 5.69 Å². The van der Waals surface area contributed by atoms with Crippen LogP contribution in [0.25, 0.3) is 0 Å². The van der Waals surface area contributed by atoms with E-state index >= 15 is 0 Å². The van der Waals surface area contributed by atoms with Gasteiger partial charge >= 0.3 is 0 Å². The Bertz CT molecular complexity index is 638. The number of piperazine rings is 1. The van der Waals surface area contributed by atoms with Crippen molar-refractivity contribution in [2.45, 2.75) is 6.54 Å². The summed E-state index contributed by atoms with van der Waals surface area (Å²) < 4.78 is 0.854. The van der Waals surface area contributed by atoms with Crippen molar-refractivity contribution >= 4 is 28.6 Å². The molecule has 0 spiro atoms. The van der Waals surface area contributed by atoms with E-state index in [-0.39, 0.29) is 0 Å². The van der Waals surface area contributed by atoms with Crippen molar-refractivity contribution in [1.29, 1.82) is 5.26 Å². The van der Waals surface area contributed by atoms with Crippen molar-refractivity contribution in [2.75, 3.05) is 31.1 Å². The first-order chi connectivity index (χ1) is 10.2. The molecule has 0 radical (unpaired) electrons. The fourth-order valence-corrected chi connectivity index (χ4v) is 3.59. The maximum atomic E-state index is 8.77. The first kappa shape index (κ1) is 14.3. The predicted molar refractivity (Wildman–Crippen MR) is 85.8 cm³/mol. The zero-order valence-corrected chi connectivity index (χ0v) is 13.1. The summed E-state index contributed by atoms with van der Waals surface area (Å²) in [7, 11) is 0. The van der Waals surface area contributed by atoms with Crippen LogP contribution in [0.15, 0.2) is 30.5 Å². The quantitative estimate of drug-likeness (QED) is 0.872. The smallest absolute Gasteiger partial charge is 0.140 e. The molecule has 1 fully saturated rings. The minimum atomic E-state index is 0.465. The van der Waals surface area contributed by atoms with Crippen molar-refractivity contribution in [1.82, 2.24) is 9.88 Å². The molecule has 0 aromatic carbocycles. The topological polar surface area (TPSA) is 43.2 Å². The fourth-order valence-electron chi connectivity index (χ4n) is 2.46. The number of rotatable bonds is 3. The molecule has 0 N–H and O–H groups in total. The number of nitriles is 1. The Kier molecular flexibility index (Phi) is 4.39. The van der Waals surface area contributed by atoms with Gasteiger partial charge in [-0.05, 0) is 24.3 Å². The van der Waals surface area contributed by atoms with Crippen LogP contribution < -0.4 is 4.90 Å². The summed E-state index contributed by atoms with van der Waals surface area (Å²) in [5, 5.41) is 8.77. The van der Waals surface area contributed by atoms with Crippen LogP contribution in [-0.2, 0) is 6.54 Å². The van der Waals surface area contributed by atoms with Gasteiger partial charge in [-0.15, -0.1) is 11.3 Å². The molecule has 0 saturated carbocycles. The molecule has 0 amide bonds. The highest BCUT2D eigenvalue weighted by atomic mass is 35.5. The summed E-state index contributed by atoms with van der Waals surface area (Å²) in [6.45, 7) is 4.97. The van der Waals surface area contributed by atoms with Crippen LogP contribution in [-0.4, -0.2) is 36.1 Å². The molecule has 0 aliphatic carbocycles. The number of thiophene rings is 1. The number of pyridine rings is 1. The third-order valence-electron chi connectivity index (χ3n) is 3.61. The molecular formula is C15H15ClN4S. The summed E-state index contributed by atoms with van der Waals surface area (Å²) in [6.07, 6.45) is 1.78. The van der Waals surface area contributed by atoms with Crippen LogP contribution in [0.5, 0.6) is 0 Å². The van der Waals surface area contributed by atoms with Crippen LogP contribution in [0.4, 0.5) is 5.69 Å². The maximum Gasteiger partial charge on any atom is 0.140 e. The highest BCUT2D eigenvalue weighted by molar-refractivity contribution is 7.16. The predicted octanol–water partition coefficient (Wildman–Crippen LogP) is 2.99. The van der Waals surface area contributed by atoms with Crippen LogP contribution in [0.1, 0.15) is 10.6 Å². The van der Waals surface area contributed by atoms with E-state index in [1.165, 1.54) is 4.88 Å². The van der Waals surface area contributed by atoms with Gasteiger partial charge in [-0.1, -0.05) is 11.6 Å². The van der Waals surface area contributed by atoms with Crippen LogP contribution in [0, 0.1) is 11.3 Å². The second-order valence-electron chi connectivity index (χ2n) is 4.98. The lowest BCUT2D eigenvalue weighted by Gasteiger charge is -2.35. The van der Waals surface area contributed by atoms with Gasteiger partial charge in [0.1, 0.15) is 11.8 Å². The molecule has 2 aromatic heterocycles. The Morgan fingerprint density at radius 2 is 2.00 bits per heavy atom. The van der Waals surface area contributed by atoms with E-state index in [9.17, 15) is 0 Å². The molecule has 1 aliphatic rings. The maximum absolute atomic E-state index is 8.77. The van der Waals surface area contributed by atoms with Crippen molar-refractivity contribution in [3.63, 3.8) is 0 Å². The van der Waals surface area contributed by atoms with E-state index in [2.05, 4.69) is 20.9 Å². The molecule has 3 heterocycles. The summed E-state index contributed by atoms with van der Waals surface area (Å²) in [4.78, 5) is 10.2. The molecule has 1 aliphatic heterocycles. The van der Waals surface area contributed by atoms with Crippen LogP contribution in [0.3, 0.4) is 0 Å². The number of hydrogen-bond donors (Lipinski definition) is 0. The SMILES string of the molecule is N#Cc1ccc(N2CCN(Cc3ccc(Cl)s3)CC2)cn1. The average Bonchev–Trinajstić information content (AvgIpc) is 2.93. The van der Waals surface area contributed by atoms with Gasteiger partial charge in [0.2, 0.25) is 0 Å². The van der Waals surface area contributed by atoms with Gasteiger partial charge in [0.05, 0.1) is 16.2 Å². The van der Waals surface area contributed by atoms with Crippen molar-refractivity contribution in [2.24, 2.45) is 0 Å². The highest BCUT2D eigenvalue weighted by Gasteiger charge is 2.18. The number of aromatic nitrogens is 1. The Morgan fingerprint density at radius 3 is 2.57 bits per heavy atom. The second kappa shape index (κ2) is 6.44. The minimum absolute atomic E-state index is 0.465. The number of anilines is 1. The van der Waals surface area contributed by atoms with Crippen LogP contribution in [0.2, 0.25) is 4.34 Å². The zero-order chi connectivity index (χ0) is 14.7. The summed E-state index contributed by atoms with van der Waals surface area (Å²) in [5.41, 5.74) is 1.56. The first-order valence-corrected chi connectivity index (χ1v) is 8.02. The van der Waals surface area contributed by atoms with Gasteiger partial charge in [-0.25, -0.2) is 4.98 Å². The van der Waals surface area contributed by atoms with Crippen molar-refractivity contribution < 1.29 is 0 Å². The molecule has 3 rings (SSSR count). The molecule has 0 bridgehead atoms. The third kappa shape index (κ3) is 3.53. The standard InChI is InChI=1S/C15H15ClN4S/c16-15-4-3-14(21-15)11-19-5-7-20(8-6-19)13-2-1-12(9-17)18-10-13/h1-4,10H,5-8,11H2. The van der Waals surface area contributed by atoms with Gasteiger partial charge in [0.25, 0.3) is 0 Å². The summed E-state index contributed by atoms with van der Waals surface area (Å²) >= 11 is 7.62. The van der Waals surface area contributed by atoms with E-state index in [0.717, 1.165) is 42.7 Å². The molecule has 2 aromatic rings. The van der Waals surface area contributed by atoms with E-state index in [1.54, 1.807) is 23.6 Å². The molecular weight excluding hydrogens is 304 g/mol. The summed E-state index contributed by atoms with van der Waals surface area (Å²) in [6, 6.07) is 9.85. The lowest BCUT2D eigenvalue weighted by Crippen LogP contribution is -2.45. The van der Waals surface area contributed by atoms with E-state index in [4.69, 9.17) is 16.9 Å². The Hall–Kier alpha value is -1.61. The largest absolute Gasteiger partial charge is 0.368 e. The van der Waals surface area contributed by atoms with Gasteiger partial charge in [-0.2, -0.15) is 5.26 Å². The fraction of sp³-hybridized carbons (Fsp3) is 0.333. The molecule has 4 nitrogen and oxygen atoms in total. The van der Waals surface area contributed by atoms with Gasteiger partial charge < -0.3 is 4.90 Å². The monoisotopic (exact) mass is 318 g/mol. The van der Waals surface area contributed by atoms with E-state index in [1.807, 2.05) is 18.2 Å². The van der Waals surface area contributed by atoms with E-state index < -0.39 is 0 Å². The number of hydrogen-bond acceptors (Lipinski definition) is 5. The van der Waals surface area contributed by atoms with Gasteiger partial charge in [-0.3, -0.25) is 4.90 Å². The lowest BCUT2D eigenvalue weighted by molar-refractivity contribution is 0.252. The molecule has 108 valence electrons. The molecule has 0 atom stereocenters. The van der Waals surface area contributed by atoms with Crippen LogP contribution >= 0.6 is 22.9 Å². The van der Waals surface area contributed by atoms with Gasteiger partial charge in [0, 0.05) is 37.6 Å². The summed E-state index contributed by atoms with van der Waals surface area (Å²) in [5.74, 6) is 0. The molecule has 21 heavy (non-hydrogen) atoms. The zero-order valence-electron chi connectivity index (χ0n) is 11.5. The minimum Gasteiger partial charge on any atom is -0.368 e. The van der Waals surface area contributed by atoms with Crippen molar-refractivity contribution in [3.8, 4) is 6.07 Å². The number of halogens is 1. The highest BCUT2D eigenvalue weighted by Crippen LogP contribution is 2.23. The Labute approximate surface area is 133 Å². The first-order valence-electron chi connectivity index (χ1n) is 6.82. The molecule has 1 saturated heterocycles. The molecule has 6 heteroatoms. The number of nitrogens with zero attached hydrogens (tertiary/aromatic N) is 4. The molecule has 0 unspecified atom stereocenters. The Balaban J connectivity index is 1.56. The third-order valence-corrected chi connectivity index (χ3v) is 4.82. The average molecular weight is 319 g/mol. The second-order valence-corrected chi connectivity index (χ2v) is 6.78.